The molecule has 26 heavy (non-hydrogen) atoms. The Kier molecular flexibility index (Phi) is 7.30. The van der Waals surface area contributed by atoms with Crippen LogP contribution in [0, 0.1) is 5.92 Å². The molecule has 0 bridgehead atoms. The maximum atomic E-state index is 12.5. The number of thioether (sulfide) groups is 1. The Bertz CT molecular complexity index is 710. The molecule has 0 N–H and O–H groups in total. The van der Waals surface area contributed by atoms with Crippen LogP contribution in [-0.2, 0) is 17.0 Å². The van der Waals surface area contributed by atoms with Crippen molar-refractivity contribution in [1.29, 1.82) is 0 Å². The van der Waals surface area contributed by atoms with Crippen molar-refractivity contribution in [2.75, 3.05) is 18.8 Å². The zero-order valence-electron chi connectivity index (χ0n) is 14.7. The second-order valence-electron chi connectivity index (χ2n) is 6.71. The van der Waals surface area contributed by atoms with Crippen molar-refractivity contribution in [3.8, 4) is 0 Å². The van der Waals surface area contributed by atoms with Crippen molar-refractivity contribution in [1.82, 2.24) is 4.90 Å². The molecule has 0 aromatic heterocycles. The Hall–Kier alpha value is -1.16. The van der Waals surface area contributed by atoms with Gasteiger partial charge in [-0.25, -0.2) is 0 Å². The SMILES string of the molecule is O=C(CSCc1c(Cl)cccc1Cl)N1CCC(Cc2ccccc2)CC1. The van der Waals surface area contributed by atoms with Gasteiger partial charge in [-0.15, -0.1) is 11.8 Å². The summed E-state index contributed by atoms with van der Waals surface area (Å²) < 4.78 is 0. The number of rotatable bonds is 6. The molecule has 0 unspecified atom stereocenters. The number of hydrogen-bond acceptors (Lipinski definition) is 2. The normalized spacial score (nSPS) is 15.2. The lowest BCUT2D eigenvalue weighted by Gasteiger charge is -2.32. The van der Waals surface area contributed by atoms with Crippen LogP contribution in [-0.4, -0.2) is 29.6 Å². The number of nitrogens with zero attached hydrogens (tertiary/aromatic N) is 1. The van der Waals surface area contributed by atoms with Crippen LogP contribution >= 0.6 is 35.0 Å². The van der Waals surface area contributed by atoms with E-state index in [0.29, 0.717) is 27.5 Å². The number of likely N-dealkylation sites (tertiary alicyclic amines) is 1. The highest BCUT2D eigenvalue weighted by Crippen LogP contribution is 2.28. The summed E-state index contributed by atoms with van der Waals surface area (Å²) in [7, 11) is 0. The minimum absolute atomic E-state index is 0.219. The molecule has 3 rings (SSSR count). The van der Waals surface area contributed by atoms with Gasteiger partial charge in [-0.3, -0.25) is 4.79 Å². The van der Waals surface area contributed by atoms with Crippen LogP contribution in [0.1, 0.15) is 24.0 Å². The number of halogens is 2. The van der Waals surface area contributed by atoms with E-state index in [9.17, 15) is 4.79 Å². The Morgan fingerprint density at radius 1 is 1.00 bits per heavy atom. The molecule has 1 aliphatic rings. The quantitative estimate of drug-likeness (QED) is 0.610. The molecule has 1 saturated heterocycles. The second kappa shape index (κ2) is 9.68. The Labute approximate surface area is 169 Å². The lowest BCUT2D eigenvalue weighted by molar-refractivity contribution is -0.129. The highest BCUT2D eigenvalue weighted by atomic mass is 35.5. The Balaban J connectivity index is 1.41. The van der Waals surface area contributed by atoms with Gasteiger partial charge in [0.25, 0.3) is 0 Å². The van der Waals surface area contributed by atoms with E-state index in [2.05, 4.69) is 30.3 Å². The first kappa shape index (κ1) is 19.6. The summed E-state index contributed by atoms with van der Waals surface area (Å²) in [5, 5.41) is 1.33. The van der Waals surface area contributed by atoms with E-state index in [1.54, 1.807) is 11.8 Å². The summed E-state index contributed by atoms with van der Waals surface area (Å²) in [4.78, 5) is 14.5. The number of hydrogen-bond donors (Lipinski definition) is 0. The summed E-state index contributed by atoms with van der Waals surface area (Å²) in [6, 6.07) is 16.1. The summed E-state index contributed by atoms with van der Waals surface area (Å²) >= 11 is 13.9. The van der Waals surface area contributed by atoms with E-state index >= 15 is 0 Å². The molecule has 0 atom stereocenters. The van der Waals surface area contributed by atoms with Crippen molar-refractivity contribution in [3.63, 3.8) is 0 Å². The molecule has 138 valence electrons. The third kappa shape index (κ3) is 5.42. The molecule has 1 aliphatic heterocycles. The smallest absolute Gasteiger partial charge is 0.232 e. The van der Waals surface area contributed by atoms with Gasteiger partial charge in [-0.1, -0.05) is 59.6 Å². The van der Waals surface area contributed by atoms with E-state index in [1.165, 1.54) is 5.56 Å². The van der Waals surface area contributed by atoms with E-state index in [4.69, 9.17) is 23.2 Å². The summed E-state index contributed by atoms with van der Waals surface area (Å²) in [6.45, 7) is 1.73. The summed E-state index contributed by atoms with van der Waals surface area (Å²) in [5.41, 5.74) is 2.31. The van der Waals surface area contributed by atoms with Crippen molar-refractivity contribution in [2.45, 2.75) is 25.0 Å². The average Bonchev–Trinajstić information content (AvgIpc) is 2.65. The largest absolute Gasteiger partial charge is 0.342 e. The lowest BCUT2D eigenvalue weighted by atomic mass is 9.90. The number of carbonyl (C=O) groups is 1. The number of carbonyl (C=O) groups excluding carboxylic acids is 1. The second-order valence-corrected chi connectivity index (χ2v) is 8.51. The lowest BCUT2D eigenvalue weighted by Crippen LogP contribution is -2.39. The number of piperidine rings is 1. The van der Waals surface area contributed by atoms with Crippen LogP contribution in [0.4, 0.5) is 0 Å². The van der Waals surface area contributed by atoms with E-state index in [0.717, 1.165) is 37.9 Å². The zero-order chi connectivity index (χ0) is 18.4. The maximum absolute atomic E-state index is 12.5. The number of benzene rings is 2. The van der Waals surface area contributed by atoms with Gasteiger partial charge in [0.15, 0.2) is 0 Å². The predicted molar refractivity (Wildman–Crippen MR) is 112 cm³/mol. The van der Waals surface area contributed by atoms with Crippen molar-refractivity contribution in [2.24, 2.45) is 5.92 Å². The van der Waals surface area contributed by atoms with Crippen molar-refractivity contribution < 1.29 is 4.79 Å². The molecule has 0 radical (unpaired) electrons. The van der Waals surface area contributed by atoms with Crippen LogP contribution < -0.4 is 0 Å². The standard InChI is InChI=1S/C21H23Cl2NOS/c22-19-7-4-8-20(23)18(19)14-26-15-21(25)24-11-9-17(10-12-24)13-16-5-2-1-3-6-16/h1-8,17H,9-15H2. The van der Waals surface area contributed by atoms with Crippen LogP contribution in [0.15, 0.2) is 48.5 Å². The Morgan fingerprint density at radius 3 is 2.31 bits per heavy atom. The molecule has 2 aromatic carbocycles. The third-order valence-corrected chi connectivity index (χ3v) is 6.52. The van der Waals surface area contributed by atoms with Crippen LogP contribution in [0.3, 0.4) is 0 Å². The highest BCUT2D eigenvalue weighted by Gasteiger charge is 2.22. The molecule has 0 aliphatic carbocycles. The predicted octanol–water partition coefficient (Wildman–Crippen LogP) is 5.71. The zero-order valence-corrected chi connectivity index (χ0v) is 17.0. The fourth-order valence-corrected chi connectivity index (χ4v) is 5.00. The molecule has 5 heteroatoms. The van der Waals surface area contributed by atoms with E-state index in [-0.39, 0.29) is 5.91 Å². The first-order valence-corrected chi connectivity index (χ1v) is 10.9. The molecule has 1 fully saturated rings. The van der Waals surface area contributed by atoms with Gasteiger partial charge >= 0.3 is 0 Å². The molecular weight excluding hydrogens is 385 g/mol. The van der Waals surface area contributed by atoms with Gasteiger partial charge in [0.2, 0.25) is 5.91 Å². The highest BCUT2D eigenvalue weighted by molar-refractivity contribution is 7.99. The number of amides is 1. The Morgan fingerprint density at radius 2 is 1.65 bits per heavy atom. The van der Waals surface area contributed by atoms with Crippen molar-refractivity contribution >= 4 is 40.9 Å². The van der Waals surface area contributed by atoms with Gasteiger partial charge in [0.05, 0.1) is 5.75 Å². The van der Waals surface area contributed by atoms with Crippen LogP contribution in [0.5, 0.6) is 0 Å². The van der Waals surface area contributed by atoms with Gasteiger partial charge < -0.3 is 4.90 Å². The minimum Gasteiger partial charge on any atom is -0.342 e. The summed E-state index contributed by atoms with van der Waals surface area (Å²) in [5.74, 6) is 2.03. The monoisotopic (exact) mass is 407 g/mol. The molecular formula is C21H23Cl2NOS. The minimum atomic E-state index is 0.219. The van der Waals surface area contributed by atoms with Gasteiger partial charge in [-0.05, 0) is 48.4 Å². The molecule has 1 amide bonds. The van der Waals surface area contributed by atoms with Crippen LogP contribution in [0.25, 0.3) is 0 Å². The first-order chi connectivity index (χ1) is 12.6. The fourth-order valence-electron chi connectivity index (χ4n) is 3.34. The molecule has 2 aromatic rings. The summed E-state index contributed by atoms with van der Waals surface area (Å²) in [6.07, 6.45) is 3.28. The van der Waals surface area contributed by atoms with Crippen LogP contribution in [0.2, 0.25) is 10.0 Å². The van der Waals surface area contributed by atoms with Gasteiger partial charge in [-0.2, -0.15) is 0 Å². The molecule has 0 saturated carbocycles. The van der Waals surface area contributed by atoms with E-state index in [1.807, 2.05) is 23.1 Å². The van der Waals surface area contributed by atoms with Gasteiger partial charge in [0, 0.05) is 28.9 Å². The molecule has 1 heterocycles. The van der Waals surface area contributed by atoms with Gasteiger partial charge in [0.1, 0.15) is 0 Å². The van der Waals surface area contributed by atoms with Crippen molar-refractivity contribution in [3.05, 3.63) is 69.7 Å². The first-order valence-electron chi connectivity index (χ1n) is 8.96. The molecule has 2 nitrogen and oxygen atoms in total. The topological polar surface area (TPSA) is 20.3 Å². The maximum Gasteiger partial charge on any atom is 0.232 e. The fraction of sp³-hybridized carbons (Fsp3) is 0.381. The average molecular weight is 408 g/mol. The third-order valence-electron chi connectivity index (χ3n) is 4.87. The molecule has 0 spiro atoms. The van der Waals surface area contributed by atoms with E-state index < -0.39 is 0 Å².